The van der Waals surface area contributed by atoms with Gasteiger partial charge in [-0.15, -0.1) is 0 Å². The molecule has 3 heteroatoms. The molecule has 0 aromatic heterocycles. The Kier molecular flexibility index (Phi) is 14.7. The molecule has 0 aliphatic rings. The number of rotatable bonds is 16. The minimum atomic E-state index is -1.34. The number of hydrogen-bond donors (Lipinski definition) is 0. The number of unbranched alkanes of at least 4 members (excludes halogenated alkanes) is 9. The van der Waals surface area contributed by atoms with E-state index >= 15 is 0 Å². The van der Waals surface area contributed by atoms with Crippen molar-refractivity contribution in [1.82, 2.24) is 0 Å². The van der Waals surface area contributed by atoms with Crippen LogP contribution in [0.25, 0.3) is 0 Å². The van der Waals surface area contributed by atoms with Crippen LogP contribution in [-0.4, -0.2) is 21.2 Å². The molecule has 2 nitrogen and oxygen atoms in total. The third kappa shape index (κ3) is 11.1. The van der Waals surface area contributed by atoms with Gasteiger partial charge in [-0.05, 0) is 31.0 Å². The van der Waals surface area contributed by atoms with Crippen molar-refractivity contribution in [2.75, 3.05) is 6.61 Å². The molecule has 126 valence electrons. The van der Waals surface area contributed by atoms with E-state index in [1.807, 2.05) is 0 Å². The second-order valence-corrected chi connectivity index (χ2v) is 11.0. The third-order valence-corrected chi connectivity index (χ3v) is 9.49. The number of hydrogen-bond acceptors (Lipinski definition) is 2. The first kappa shape index (κ1) is 20.8. The van der Waals surface area contributed by atoms with Crippen LogP contribution in [-0.2, 0) is 9.22 Å². The van der Waals surface area contributed by atoms with E-state index in [-0.39, 0.29) is 0 Å². The Hall–Kier alpha value is -0.153. The molecule has 0 N–H and O–H groups in total. The highest BCUT2D eigenvalue weighted by Crippen LogP contribution is 2.22. The lowest BCUT2D eigenvalue weighted by Crippen LogP contribution is -2.36. The maximum atomic E-state index is 10.2. The van der Waals surface area contributed by atoms with Crippen LogP contribution in [0.5, 0.6) is 0 Å². The smallest absolute Gasteiger partial charge is 0.191 e. The van der Waals surface area contributed by atoms with Crippen molar-refractivity contribution in [3.05, 3.63) is 0 Å². The zero-order chi connectivity index (χ0) is 15.8. The van der Waals surface area contributed by atoms with Gasteiger partial charge in [0.15, 0.2) is 8.32 Å². The van der Waals surface area contributed by atoms with Crippen molar-refractivity contribution in [1.29, 1.82) is 0 Å². The van der Waals surface area contributed by atoms with Crippen LogP contribution in [0.4, 0.5) is 0 Å². The summed E-state index contributed by atoms with van der Waals surface area (Å²) in [4.78, 5) is 10.2. The molecule has 0 amide bonds. The molecule has 0 aromatic rings. The molecule has 21 heavy (non-hydrogen) atoms. The molecule has 0 saturated heterocycles. The maximum Gasteiger partial charge on any atom is 0.191 e. The van der Waals surface area contributed by atoms with Gasteiger partial charge in [0, 0.05) is 13.0 Å². The summed E-state index contributed by atoms with van der Waals surface area (Å²) in [6, 6.07) is 3.80. The van der Waals surface area contributed by atoms with Crippen molar-refractivity contribution >= 4 is 14.6 Å². The van der Waals surface area contributed by atoms with Crippen LogP contribution >= 0.6 is 0 Å². The van der Waals surface area contributed by atoms with Gasteiger partial charge in [-0.1, -0.05) is 65.7 Å². The molecule has 0 rings (SSSR count). The van der Waals surface area contributed by atoms with E-state index < -0.39 is 8.32 Å². The molecule has 0 aromatic carbocycles. The Balaban J connectivity index is 3.31. The summed E-state index contributed by atoms with van der Waals surface area (Å²) in [6.07, 6.45) is 13.4. The van der Waals surface area contributed by atoms with Gasteiger partial charge in [0.05, 0.1) is 0 Å². The van der Waals surface area contributed by atoms with Crippen LogP contribution in [0.3, 0.4) is 0 Å². The summed E-state index contributed by atoms with van der Waals surface area (Å²) >= 11 is 0. The first-order chi connectivity index (χ1) is 10.2. The summed E-state index contributed by atoms with van der Waals surface area (Å²) in [5.74, 6) is 0. The lowest BCUT2D eigenvalue weighted by molar-refractivity contribution is -0.107. The van der Waals surface area contributed by atoms with Gasteiger partial charge in [-0.25, -0.2) is 0 Å². The molecular weight excluding hydrogens is 276 g/mol. The van der Waals surface area contributed by atoms with Crippen LogP contribution in [0.2, 0.25) is 18.1 Å². The first-order valence-corrected chi connectivity index (χ1v) is 11.8. The van der Waals surface area contributed by atoms with Crippen molar-refractivity contribution in [3.63, 3.8) is 0 Å². The van der Waals surface area contributed by atoms with E-state index in [0.29, 0.717) is 0 Å². The topological polar surface area (TPSA) is 26.3 Å². The molecule has 0 aliphatic heterocycles. The van der Waals surface area contributed by atoms with Gasteiger partial charge < -0.3 is 9.22 Å². The van der Waals surface area contributed by atoms with Gasteiger partial charge in [0.2, 0.25) is 0 Å². The Bertz CT molecular complexity index is 219. The van der Waals surface area contributed by atoms with E-state index in [2.05, 4.69) is 20.8 Å². The molecular formula is C18H38O2Si. The van der Waals surface area contributed by atoms with Crippen molar-refractivity contribution in [2.24, 2.45) is 0 Å². The predicted molar refractivity (Wildman–Crippen MR) is 95.4 cm³/mol. The molecule has 0 aliphatic carbocycles. The molecule has 0 radical (unpaired) electrons. The van der Waals surface area contributed by atoms with E-state index in [1.54, 1.807) is 0 Å². The van der Waals surface area contributed by atoms with Crippen LogP contribution in [0.1, 0.15) is 85.0 Å². The zero-order valence-corrected chi connectivity index (χ0v) is 15.8. The summed E-state index contributed by atoms with van der Waals surface area (Å²) in [7, 11) is -1.34. The van der Waals surface area contributed by atoms with Crippen molar-refractivity contribution in [3.8, 4) is 0 Å². The zero-order valence-electron chi connectivity index (χ0n) is 14.8. The minimum Gasteiger partial charge on any atom is -0.417 e. The average molecular weight is 315 g/mol. The molecule has 0 atom stereocenters. The Morgan fingerprint density at radius 2 is 1.14 bits per heavy atom. The second kappa shape index (κ2) is 14.8. The van der Waals surface area contributed by atoms with Crippen LogP contribution in [0, 0.1) is 0 Å². The Labute approximate surface area is 134 Å². The fourth-order valence-corrected chi connectivity index (χ4v) is 5.60. The summed E-state index contributed by atoms with van der Waals surface area (Å²) < 4.78 is 6.27. The normalized spacial score (nSPS) is 11.8. The summed E-state index contributed by atoms with van der Waals surface area (Å²) in [6.45, 7) is 7.89. The third-order valence-electron chi connectivity index (χ3n) is 4.81. The molecule has 0 saturated carbocycles. The molecule has 0 unspecified atom stereocenters. The fourth-order valence-electron chi connectivity index (χ4n) is 2.91. The quantitative estimate of drug-likeness (QED) is 0.195. The highest BCUT2D eigenvalue weighted by Gasteiger charge is 2.27. The van der Waals surface area contributed by atoms with E-state index in [1.165, 1.54) is 69.5 Å². The molecule has 0 fully saturated rings. The summed E-state index contributed by atoms with van der Waals surface area (Å²) in [5.41, 5.74) is 0. The van der Waals surface area contributed by atoms with Gasteiger partial charge in [0.25, 0.3) is 0 Å². The van der Waals surface area contributed by atoms with Crippen molar-refractivity contribution < 1.29 is 9.22 Å². The molecule has 0 heterocycles. The monoisotopic (exact) mass is 314 g/mol. The van der Waals surface area contributed by atoms with Crippen LogP contribution < -0.4 is 0 Å². The maximum absolute atomic E-state index is 10.2. The van der Waals surface area contributed by atoms with E-state index in [9.17, 15) is 4.79 Å². The summed E-state index contributed by atoms with van der Waals surface area (Å²) in [5, 5.41) is 0. The van der Waals surface area contributed by atoms with Crippen molar-refractivity contribution in [2.45, 2.75) is 103 Å². The minimum absolute atomic E-state index is 0.748. The molecule has 0 bridgehead atoms. The highest BCUT2D eigenvalue weighted by molar-refractivity contribution is 6.73. The highest BCUT2D eigenvalue weighted by atomic mass is 28.4. The second-order valence-electron chi connectivity index (χ2n) is 6.23. The first-order valence-electron chi connectivity index (χ1n) is 9.32. The van der Waals surface area contributed by atoms with E-state index in [4.69, 9.17) is 4.43 Å². The lowest BCUT2D eigenvalue weighted by Gasteiger charge is -2.27. The van der Waals surface area contributed by atoms with E-state index in [0.717, 1.165) is 25.7 Å². The van der Waals surface area contributed by atoms with Gasteiger partial charge in [0.1, 0.15) is 6.29 Å². The lowest BCUT2D eigenvalue weighted by atomic mass is 10.1. The largest absolute Gasteiger partial charge is 0.417 e. The number of aldehydes is 1. The fraction of sp³-hybridized carbons (Fsp3) is 0.944. The number of carbonyl (C=O) groups is 1. The molecule has 0 spiro atoms. The number of carbonyl (C=O) groups excluding carboxylic acids is 1. The Morgan fingerprint density at radius 3 is 1.57 bits per heavy atom. The standard InChI is InChI=1S/C18H38O2Si/c1-4-21(5-2,6-3)20-18-16-14-12-10-8-7-9-11-13-15-17-19/h17H,4-16,18H2,1-3H3. The Morgan fingerprint density at radius 1 is 0.714 bits per heavy atom. The van der Waals surface area contributed by atoms with Gasteiger partial charge in [-0.2, -0.15) is 0 Å². The predicted octanol–water partition coefficient (Wildman–Crippen LogP) is 6.11. The SMILES string of the molecule is CC[Si](CC)(CC)OCCCCCCCCCCCC=O. The van der Waals surface area contributed by atoms with Crippen LogP contribution in [0.15, 0.2) is 0 Å². The van der Waals surface area contributed by atoms with Gasteiger partial charge in [-0.3, -0.25) is 0 Å². The average Bonchev–Trinajstić information content (AvgIpc) is 2.53. The van der Waals surface area contributed by atoms with Gasteiger partial charge >= 0.3 is 0 Å².